The summed E-state index contributed by atoms with van der Waals surface area (Å²) in [7, 11) is 1.78. The Labute approximate surface area is 62.0 Å². The number of hydrogen-bond acceptors (Lipinski definition) is 3. The van der Waals surface area contributed by atoms with Gasteiger partial charge in [0.25, 0.3) is 0 Å². The van der Waals surface area contributed by atoms with Crippen LogP contribution in [0.1, 0.15) is 20.3 Å². The molecule has 0 amide bonds. The van der Waals surface area contributed by atoms with Crippen molar-refractivity contribution in [3.05, 3.63) is 0 Å². The Hall–Kier alpha value is -0.770. The molecule has 0 aliphatic rings. The van der Waals surface area contributed by atoms with Gasteiger partial charge in [-0.2, -0.15) is 5.10 Å². The highest BCUT2D eigenvalue weighted by Crippen LogP contribution is 1.84. The maximum absolute atomic E-state index is 5.45. The molecule has 0 unspecified atom stereocenters. The van der Waals surface area contributed by atoms with E-state index in [4.69, 9.17) is 5.84 Å². The van der Waals surface area contributed by atoms with E-state index in [-0.39, 0.29) is 0 Å². The number of hydrogen-bond donors (Lipinski definition) is 2. The average molecular weight is 144 g/mol. The summed E-state index contributed by atoms with van der Waals surface area (Å²) in [4.78, 5) is 0. The van der Waals surface area contributed by atoms with E-state index < -0.39 is 0 Å². The van der Waals surface area contributed by atoms with E-state index in [2.05, 4.69) is 10.5 Å². The molecule has 0 aromatic carbocycles. The Morgan fingerprint density at radius 1 is 1.60 bits per heavy atom. The lowest BCUT2D eigenvalue weighted by Gasteiger charge is -2.12. The highest BCUT2D eigenvalue weighted by molar-refractivity contribution is 5.80. The minimum absolute atomic E-state index is 0.831. The van der Waals surface area contributed by atoms with Crippen molar-refractivity contribution >= 4 is 5.84 Å². The Balaban J connectivity index is 3.79. The largest absolute Gasteiger partial charge is 0.309 e. The van der Waals surface area contributed by atoms with Gasteiger partial charge in [-0.05, 0) is 6.92 Å². The van der Waals surface area contributed by atoms with Crippen LogP contribution in [0.25, 0.3) is 0 Å². The standard InChI is InChI=1S/C6H16N4/c1-4-6(10(3)7)9-8-5-2/h8H,4-5,7H2,1-3H3/b9-6-. The molecule has 0 aromatic heterocycles. The lowest BCUT2D eigenvalue weighted by molar-refractivity contribution is 0.517. The molecule has 4 nitrogen and oxygen atoms in total. The first-order valence-electron chi connectivity index (χ1n) is 3.50. The molecule has 3 N–H and O–H groups in total. The van der Waals surface area contributed by atoms with Gasteiger partial charge < -0.3 is 10.4 Å². The number of amidine groups is 1. The van der Waals surface area contributed by atoms with E-state index in [1.165, 1.54) is 5.01 Å². The lowest BCUT2D eigenvalue weighted by atomic mass is 10.4. The second kappa shape index (κ2) is 5.05. The monoisotopic (exact) mass is 144 g/mol. The molecular weight excluding hydrogens is 128 g/mol. The summed E-state index contributed by atoms with van der Waals surface area (Å²) in [6.07, 6.45) is 0.847. The fourth-order valence-electron chi connectivity index (χ4n) is 0.578. The Morgan fingerprint density at radius 3 is 2.50 bits per heavy atom. The molecular formula is C6H16N4. The maximum atomic E-state index is 5.45. The van der Waals surface area contributed by atoms with Crippen LogP contribution in [0.3, 0.4) is 0 Å². The molecule has 0 saturated carbocycles. The van der Waals surface area contributed by atoms with Crippen molar-refractivity contribution in [1.29, 1.82) is 0 Å². The fourth-order valence-corrected chi connectivity index (χ4v) is 0.578. The molecule has 0 heterocycles. The first kappa shape index (κ1) is 9.23. The van der Waals surface area contributed by atoms with E-state index in [0.29, 0.717) is 0 Å². The van der Waals surface area contributed by atoms with Crippen LogP contribution in [0.5, 0.6) is 0 Å². The average Bonchev–Trinajstić information content (AvgIpc) is 1.89. The quantitative estimate of drug-likeness (QED) is 0.256. The van der Waals surface area contributed by atoms with Gasteiger partial charge in [-0.15, -0.1) is 0 Å². The molecule has 0 radical (unpaired) electrons. The van der Waals surface area contributed by atoms with Crippen molar-refractivity contribution in [3.8, 4) is 0 Å². The van der Waals surface area contributed by atoms with E-state index in [1.54, 1.807) is 7.05 Å². The second-order valence-corrected chi connectivity index (χ2v) is 2.00. The van der Waals surface area contributed by atoms with E-state index >= 15 is 0 Å². The third-order valence-corrected chi connectivity index (χ3v) is 1.09. The topological polar surface area (TPSA) is 53.7 Å². The number of hydrazine groups is 1. The first-order chi connectivity index (χ1) is 4.72. The summed E-state index contributed by atoms with van der Waals surface area (Å²) < 4.78 is 0. The third-order valence-electron chi connectivity index (χ3n) is 1.09. The lowest BCUT2D eigenvalue weighted by Crippen LogP contribution is -2.34. The minimum atomic E-state index is 0.831. The molecule has 0 aliphatic heterocycles. The van der Waals surface area contributed by atoms with Crippen LogP contribution in [0.15, 0.2) is 5.10 Å². The SMILES string of the molecule is CCN/N=C(/CC)N(C)N. The van der Waals surface area contributed by atoms with Crippen molar-refractivity contribution in [1.82, 2.24) is 10.4 Å². The Bertz CT molecular complexity index is 108. The van der Waals surface area contributed by atoms with Gasteiger partial charge in [0.1, 0.15) is 5.84 Å². The van der Waals surface area contributed by atoms with Gasteiger partial charge in [0.2, 0.25) is 0 Å². The summed E-state index contributed by atoms with van der Waals surface area (Å²) in [5, 5.41) is 5.54. The molecule has 4 heteroatoms. The number of nitrogens with zero attached hydrogens (tertiary/aromatic N) is 2. The van der Waals surface area contributed by atoms with Gasteiger partial charge in [0.15, 0.2) is 0 Å². The van der Waals surface area contributed by atoms with Gasteiger partial charge in [-0.1, -0.05) is 6.92 Å². The molecule has 0 aromatic rings. The van der Waals surface area contributed by atoms with Crippen molar-refractivity contribution in [2.24, 2.45) is 10.9 Å². The van der Waals surface area contributed by atoms with Crippen molar-refractivity contribution in [3.63, 3.8) is 0 Å². The zero-order chi connectivity index (χ0) is 7.98. The van der Waals surface area contributed by atoms with Crippen LogP contribution in [0.2, 0.25) is 0 Å². The molecule has 60 valence electrons. The van der Waals surface area contributed by atoms with Crippen LogP contribution in [0, 0.1) is 0 Å². The number of hydrazone groups is 1. The van der Waals surface area contributed by atoms with Crippen LogP contribution >= 0.6 is 0 Å². The van der Waals surface area contributed by atoms with Gasteiger partial charge in [-0.25, -0.2) is 5.84 Å². The number of nitrogens with two attached hydrogens (primary N) is 1. The fraction of sp³-hybridized carbons (Fsp3) is 0.833. The zero-order valence-electron chi connectivity index (χ0n) is 6.89. The van der Waals surface area contributed by atoms with Crippen LogP contribution < -0.4 is 11.3 Å². The molecule has 0 fully saturated rings. The van der Waals surface area contributed by atoms with Gasteiger partial charge in [0, 0.05) is 20.0 Å². The first-order valence-corrected chi connectivity index (χ1v) is 3.50. The molecule has 0 atom stereocenters. The molecule has 0 rings (SSSR count). The van der Waals surface area contributed by atoms with Crippen molar-refractivity contribution in [2.75, 3.05) is 13.6 Å². The predicted octanol–water partition coefficient (Wildman–Crippen LogP) is 0.125. The van der Waals surface area contributed by atoms with E-state index in [9.17, 15) is 0 Å². The van der Waals surface area contributed by atoms with Crippen LogP contribution in [-0.4, -0.2) is 24.4 Å². The summed E-state index contributed by atoms with van der Waals surface area (Å²) in [6, 6.07) is 0. The van der Waals surface area contributed by atoms with Crippen molar-refractivity contribution < 1.29 is 0 Å². The minimum Gasteiger partial charge on any atom is -0.309 e. The van der Waals surface area contributed by atoms with Gasteiger partial charge >= 0.3 is 0 Å². The van der Waals surface area contributed by atoms with Crippen LogP contribution in [0.4, 0.5) is 0 Å². The third kappa shape index (κ3) is 3.29. The van der Waals surface area contributed by atoms with Gasteiger partial charge in [0.05, 0.1) is 0 Å². The molecule has 0 aliphatic carbocycles. The van der Waals surface area contributed by atoms with Crippen molar-refractivity contribution in [2.45, 2.75) is 20.3 Å². The summed E-state index contributed by atoms with van der Waals surface area (Å²) in [5.74, 6) is 6.31. The second-order valence-electron chi connectivity index (χ2n) is 2.00. The Kier molecular flexibility index (Phi) is 4.66. The van der Waals surface area contributed by atoms with Crippen LogP contribution in [-0.2, 0) is 0 Å². The molecule has 10 heavy (non-hydrogen) atoms. The summed E-state index contributed by atoms with van der Waals surface area (Å²) in [6.45, 7) is 4.84. The molecule has 0 spiro atoms. The highest BCUT2D eigenvalue weighted by atomic mass is 15.5. The highest BCUT2D eigenvalue weighted by Gasteiger charge is 1.96. The number of nitrogens with one attached hydrogen (secondary N) is 1. The summed E-state index contributed by atoms with van der Waals surface area (Å²) >= 11 is 0. The summed E-state index contributed by atoms with van der Waals surface area (Å²) in [5.41, 5.74) is 2.85. The Morgan fingerprint density at radius 2 is 2.20 bits per heavy atom. The van der Waals surface area contributed by atoms with Gasteiger partial charge in [-0.3, -0.25) is 0 Å². The van der Waals surface area contributed by atoms with E-state index in [1.807, 2.05) is 13.8 Å². The molecule has 0 bridgehead atoms. The normalized spacial score (nSPS) is 11.4. The number of rotatable bonds is 3. The zero-order valence-corrected chi connectivity index (χ0v) is 6.89. The molecule has 0 saturated heterocycles. The predicted molar refractivity (Wildman–Crippen MR) is 43.4 cm³/mol. The van der Waals surface area contributed by atoms with E-state index in [0.717, 1.165) is 18.8 Å². The smallest absolute Gasteiger partial charge is 0.138 e. The maximum Gasteiger partial charge on any atom is 0.138 e.